The Kier molecular flexibility index (Phi) is 3.13. The first kappa shape index (κ1) is 14.5. The zero-order chi connectivity index (χ0) is 15.3. The number of hydrogen-bond donors (Lipinski definition) is 4. The first-order chi connectivity index (χ1) is 9.01. The minimum Gasteiger partial charge on any atom is -0.398 e. The van der Waals surface area contributed by atoms with Crippen molar-refractivity contribution in [1.82, 2.24) is 0 Å². The normalized spacial score (nSPS) is 12.7. The molecule has 0 fully saturated rings. The number of nitrogen functional groups attached to an aromatic ring is 2. The van der Waals surface area contributed by atoms with Gasteiger partial charge in [-0.3, -0.25) is 9.11 Å². The van der Waals surface area contributed by atoms with Gasteiger partial charge in [0.15, 0.2) is 0 Å². The van der Waals surface area contributed by atoms with Crippen LogP contribution in [-0.4, -0.2) is 25.9 Å². The van der Waals surface area contributed by atoms with Crippen molar-refractivity contribution in [2.75, 3.05) is 11.5 Å². The Hall–Kier alpha value is -1.88. The molecule has 8 nitrogen and oxygen atoms in total. The highest BCUT2D eigenvalue weighted by Gasteiger charge is 2.25. The van der Waals surface area contributed by atoms with Crippen LogP contribution in [0, 0.1) is 0 Å². The van der Waals surface area contributed by atoms with Gasteiger partial charge in [-0.05, 0) is 24.3 Å². The quantitative estimate of drug-likeness (QED) is 0.459. The molecule has 0 aromatic heterocycles. The first-order valence-corrected chi connectivity index (χ1v) is 7.96. The molecular weight excluding hydrogens is 308 g/mol. The Morgan fingerprint density at radius 1 is 0.750 bits per heavy atom. The average Bonchev–Trinajstić information content (AvgIpc) is 2.30. The Morgan fingerprint density at radius 3 is 1.30 bits per heavy atom. The molecular formula is C10H10N2O6S2. The van der Waals surface area contributed by atoms with Crippen molar-refractivity contribution >= 4 is 42.4 Å². The highest BCUT2D eigenvalue weighted by Crippen LogP contribution is 2.33. The SMILES string of the molecule is Nc1ccc(N)c2cc(S(=O)(=O)O)c(S(=O)(=O)O)cc12. The maximum Gasteiger partial charge on any atom is 0.295 e. The van der Waals surface area contributed by atoms with E-state index in [4.69, 9.17) is 20.6 Å². The van der Waals surface area contributed by atoms with Crippen molar-refractivity contribution in [3.8, 4) is 0 Å². The van der Waals surface area contributed by atoms with E-state index < -0.39 is 30.0 Å². The Labute approximate surface area is 114 Å². The lowest BCUT2D eigenvalue weighted by molar-refractivity contribution is 0.467. The van der Waals surface area contributed by atoms with Crippen molar-refractivity contribution < 1.29 is 25.9 Å². The van der Waals surface area contributed by atoms with E-state index in [1.165, 1.54) is 12.1 Å². The molecule has 108 valence electrons. The van der Waals surface area contributed by atoms with Crippen LogP contribution in [0.25, 0.3) is 10.8 Å². The van der Waals surface area contributed by atoms with Crippen molar-refractivity contribution in [2.45, 2.75) is 9.79 Å². The maximum atomic E-state index is 11.2. The van der Waals surface area contributed by atoms with Crippen LogP contribution in [0.1, 0.15) is 0 Å². The smallest absolute Gasteiger partial charge is 0.295 e. The second kappa shape index (κ2) is 4.31. The molecule has 10 heteroatoms. The summed E-state index contributed by atoms with van der Waals surface area (Å²) < 4.78 is 63.1. The van der Waals surface area contributed by atoms with Crippen LogP contribution in [0.5, 0.6) is 0 Å². The second-order valence-corrected chi connectivity index (χ2v) is 6.82. The van der Waals surface area contributed by atoms with E-state index in [2.05, 4.69) is 0 Å². The number of hydrogen-bond acceptors (Lipinski definition) is 6. The summed E-state index contributed by atoms with van der Waals surface area (Å²) in [7, 11) is -9.75. The molecule has 0 bridgehead atoms. The minimum atomic E-state index is -4.87. The molecule has 0 unspecified atom stereocenters. The van der Waals surface area contributed by atoms with Crippen LogP contribution < -0.4 is 11.5 Å². The molecule has 0 aliphatic rings. The summed E-state index contributed by atoms with van der Waals surface area (Å²) >= 11 is 0. The molecule has 20 heavy (non-hydrogen) atoms. The molecule has 0 saturated heterocycles. The summed E-state index contributed by atoms with van der Waals surface area (Å²) in [6.07, 6.45) is 0. The van der Waals surface area contributed by atoms with Crippen LogP contribution in [0.4, 0.5) is 11.4 Å². The van der Waals surface area contributed by atoms with E-state index >= 15 is 0 Å². The van der Waals surface area contributed by atoms with E-state index in [9.17, 15) is 16.8 Å². The van der Waals surface area contributed by atoms with Gasteiger partial charge in [-0.25, -0.2) is 0 Å². The van der Waals surface area contributed by atoms with Gasteiger partial charge in [-0.15, -0.1) is 0 Å². The standard InChI is InChI=1S/C10H10N2O6S2/c11-7-1-2-8(12)6-4-10(20(16,17)18)9(3-5(6)7)19(13,14)15/h1-4H,11-12H2,(H,13,14,15)(H,16,17,18). The van der Waals surface area contributed by atoms with Crippen LogP contribution in [-0.2, 0) is 20.2 Å². The van der Waals surface area contributed by atoms with Crippen LogP contribution in [0.2, 0.25) is 0 Å². The lowest BCUT2D eigenvalue weighted by Crippen LogP contribution is -2.09. The molecule has 0 amide bonds. The third kappa shape index (κ3) is 2.41. The number of benzene rings is 2. The zero-order valence-corrected chi connectivity index (χ0v) is 11.4. The van der Waals surface area contributed by atoms with Gasteiger partial charge in [0.1, 0.15) is 9.79 Å². The zero-order valence-electron chi connectivity index (χ0n) is 9.81. The van der Waals surface area contributed by atoms with Crippen LogP contribution in [0.15, 0.2) is 34.1 Å². The maximum absolute atomic E-state index is 11.2. The lowest BCUT2D eigenvalue weighted by Gasteiger charge is -2.10. The largest absolute Gasteiger partial charge is 0.398 e. The second-order valence-electron chi connectivity index (χ2n) is 4.04. The predicted octanol–water partition coefficient (Wildman–Crippen LogP) is 0.498. The number of rotatable bonds is 2. The highest BCUT2D eigenvalue weighted by atomic mass is 32.2. The molecule has 0 radical (unpaired) electrons. The molecule has 0 aliphatic heterocycles. The molecule has 6 N–H and O–H groups in total. The fourth-order valence-electron chi connectivity index (χ4n) is 1.80. The van der Waals surface area contributed by atoms with Crippen molar-refractivity contribution in [3.63, 3.8) is 0 Å². The van der Waals surface area contributed by atoms with Crippen molar-refractivity contribution in [3.05, 3.63) is 24.3 Å². The molecule has 0 spiro atoms. The fourth-order valence-corrected chi connectivity index (χ4v) is 3.59. The summed E-state index contributed by atoms with van der Waals surface area (Å²) in [5.41, 5.74) is 11.6. The monoisotopic (exact) mass is 318 g/mol. The van der Waals surface area contributed by atoms with E-state index in [-0.39, 0.29) is 22.1 Å². The summed E-state index contributed by atoms with van der Waals surface area (Å²) in [4.78, 5) is -1.94. The molecule has 0 aliphatic carbocycles. The topological polar surface area (TPSA) is 161 Å². The number of anilines is 2. The number of nitrogens with two attached hydrogens (primary N) is 2. The predicted molar refractivity (Wildman–Crippen MR) is 72.4 cm³/mol. The summed E-state index contributed by atoms with van der Waals surface area (Å²) in [6.45, 7) is 0. The molecule has 0 atom stereocenters. The van der Waals surface area contributed by atoms with Crippen molar-refractivity contribution in [1.29, 1.82) is 0 Å². The average molecular weight is 318 g/mol. The van der Waals surface area contributed by atoms with Gasteiger partial charge < -0.3 is 11.5 Å². The van der Waals surface area contributed by atoms with E-state index in [1.807, 2.05) is 0 Å². The molecule has 0 heterocycles. The van der Waals surface area contributed by atoms with Gasteiger partial charge in [0.25, 0.3) is 20.2 Å². The minimum absolute atomic E-state index is 0.140. The van der Waals surface area contributed by atoms with Gasteiger partial charge in [0.05, 0.1) is 0 Å². The molecule has 2 aromatic rings. The highest BCUT2D eigenvalue weighted by molar-refractivity contribution is 7.89. The Balaban J connectivity index is 3.10. The molecule has 2 aromatic carbocycles. The lowest BCUT2D eigenvalue weighted by atomic mass is 10.1. The summed E-state index contributed by atoms with van der Waals surface area (Å²) in [5.74, 6) is 0. The van der Waals surface area contributed by atoms with Crippen LogP contribution >= 0.6 is 0 Å². The van der Waals surface area contributed by atoms with E-state index in [1.54, 1.807) is 0 Å². The molecule has 2 rings (SSSR count). The summed E-state index contributed by atoms with van der Waals surface area (Å²) in [6, 6.07) is 4.50. The van der Waals surface area contributed by atoms with E-state index in [0.717, 1.165) is 12.1 Å². The number of fused-ring (bicyclic) bond motifs is 1. The summed E-state index contributed by atoms with van der Waals surface area (Å²) in [5, 5.41) is 0.287. The molecule has 0 saturated carbocycles. The van der Waals surface area contributed by atoms with Gasteiger partial charge in [0, 0.05) is 22.1 Å². The third-order valence-electron chi connectivity index (χ3n) is 2.70. The van der Waals surface area contributed by atoms with E-state index in [0.29, 0.717) is 0 Å². The van der Waals surface area contributed by atoms with Gasteiger partial charge >= 0.3 is 0 Å². The Bertz CT molecular complexity index is 842. The fraction of sp³-hybridized carbons (Fsp3) is 0. The first-order valence-electron chi connectivity index (χ1n) is 5.08. The van der Waals surface area contributed by atoms with Crippen molar-refractivity contribution in [2.24, 2.45) is 0 Å². The van der Waals surface area contributed by atoms with Gasteiger partial charge in [0.2, 0.25) is 0 Å². The third-order valence-corrected chi connectivity index (χ3v) is 4.62. The van der Waals surface area contributed by atoms with Gasteiger partial charge in [-0.2, -0.15) is 16.8 Å². The van der Waals surface area contributed by atoms with Gasteiger partial charge in [-0.1, -0.05) is 0 Å². The van der Waals surface area contributed by atoms with Crippen LogP contribution in [0.3, 0.4) is 0 Å². The Morgan fingerprint density at radius 2 is 1.05 bits per heavy atom.